The van der Waals surface area contributed by atoms with Gasteiger partial charge in [-0.3, -0.25) is 4.68 Å². The minimum Gasteiger partial charge on any atom is -0.371 e. The Hall–Kier alpha value is -1.95. The van der Waals surface area contributed by atoms with Gasteiger partial charge in [0, 0.05) is 42.6 Å². The van der Waals surface area contributed by atoms with Crippen molar-refractivity contribution >= 4 is 5.82 Å². The SMILES string of the molecule is Cc1cc(N[C@H]2CCO[C@@H]2c2cnn(C)c2C)nc(C2CC2)n1. The number of rotatable bonds is 4. The van der Waals surface area contributed by atoms with Crippen molar-refractivity contribution in [3.63, 3.8) is 0 Å². The van der Waals surface area contributed by atoms with E-state index in [1.54, 1.807) is 0 Å². The molecule has 1 N–H and O–H groups in total. The first kappa shape index (κ1) is 14.6. The molecule has 0 aromatic carbocycles. The van der Waals surface area contributed by atoms with Gasteiger partial charge in [-0.2, -0.15) is 5.10 Å². The third-order valence-corrected chi connectivity index (χ3v) is 4.82. The molecular formula is C17H23N5O. The van der Waals surface area contributed by atoms with E-state index in [4.69, 9.17) is 9.72 Å². The zero-order valence-electron chi connectivity index (χ0n) is 13.9. The molecule has 1 aliphatic heterocycles. The lowest BCUT2D eigenvalue weighted by atomic mass is 10.0. The van der Waals surface area contributed by atoms with Crippen molar-refractivity contribution < 1.29 is 4.74 Å². The van der Waals surface area contributed by atoms with Crippen LogP contribution in [-0.4, -0.2) is 32.4 Å². The summed E-state index contributed by atoms with van der Waals surface area (Å²) in [4.78, 5) is 9.29. The van der Waals surface area contributed by atoms with E-state index >= 15 is 0 Å². The molecule has 23 heavy (non-hydrogen) atoms. The summed E-state index contributed by atoms with van der Waals surface area (Å²) in [5, 5.41) is 7.92. The first-order valence-corrected chi connectivity index (χ1v) is 8.34. The second-order valence-electron chi connectivity index (χ2n) is 6.67. The Bertz CT molecular complexity index is 722. The van der Waals surface area contributed by atoms with E-state index in [1.165, 1.54) is 12.8 Å². The fourth-order valence-electron chi connectivity index (χ4n) is 3.22. The molecule has 2 aromatic rings. The fraction of sp³-hybridized carbons (Fsp3) is 0.588. The monoisotopic (exact) mass is 313 g/mol. The zero-order chi connectivity index (χ0) is 16.0. The zero-order valence-corrected chi connectivity index (χ0v) is 13.9. The van der Waals surface area contributed by atoms with Gasteiger partial charge in [-0.1, -0.05) is 0 Å². The van der Waals surface area contributed by atoms with Crippen molar-refractivity contribution in [1.29, 1.82) is 0 Å². The Morgan fingerprint density at radius 2 is 2.04 bits per heavy atom. The van der Waals surface area contributed by atoms with Crippen molar-refractivity contribution in [2.24, 2.45) is 7.05 Å². The molecule has 122 valence electrons. The number of ether oxygens (including phenoxy) is 1. The Labute approximate surface area is 136 Å². The molecule has 2 aliphatic rings. The molecule has 2 aromatic heterocycles. The van der Waals surface area contributed by atoms with Crippen LogP contribution < -0.4 is 5.32 Å². The normalized spacial score (nSPS) is 24.1. The maximum Gasteiger partial charge on any atom is 0.134 e. The highest BCUT2D eigenvalue weighted by Crippen LogP contribution is 2.39. The molecule has 0 amide bonds. The van der Waals surface area contributed by atoms with Crippen LogP contribution in [0.5, 0.6) is 0 Å². The first-order valence-electron chi connectivity index (χ1n) is 8.34. The lowest BCUT2D eigenvalue weighted by Gasteiger charge is -2.20. The smallest absolute Gasteiger partial charge is 0.134 e. The van der Waals surface area contributed by atoms with E-state index < -0.39 is 0 Å². The molecule has 0 unspecified atom stereocenters. The third kappa shape index (κ3) is 2.83. The van der Waals surface area contributed by atoms with Gasteiger partial charge in [0.2, 0.25) is 0 Å². The minimum absolute atomic E-state index is 0.0309. The van der Waals surface area contributed by atoms with Crippen LogP contribution in [0.3, 0.4) is 0 Å². The van der Waals surface area contributed by atoms with Gasteiger partial charge in [-0.15, -0.1) is 0 Å². The average molecular weight is 313 g/mol. The molecule has 6 heteroatoms. The maximum atomic E-state index is 5.98. The van der Waals surface area contributed by atoms with Crippen LogP contribution in [0.15, 0.2) is 12.3 Å². The number of hydrogen-bond acceptors (Lipinski definition) is 5. The van der Waals surface area contributed by atoms with Crippen molar-refractivity contribution in [3.05, 3.63) is 35.0 Å². The molecule has 0 spiro atoms. The Kier molecular flexibility index (Phi) is 3.56. The number of nitrogens with one attached hydrogen (secondary N) is 1. The number of aryl methyl sites for hydroxylation is 2. The Balaban J connectivity index is 1.57. The highest BCUT2D eigenvalue weighted by Gasteiger charge is 2.33. The highest BCUT2D eigenvalue weighted by molar-refractivity contribution is 5.39. The van der Waals surface area contributed by atoms with Gasteiger partial charge >= 0.3 is 0 Å². The molecule has 0 radical (unpaired) electrons. The van der Waals surface area contributed by atoms with Gasteiger partial charge in [0.15, 0.2) is 0 Å². The first-order chi connectivity index (χ1) is 11.1. The van der Waals surface area contributed by atoms with Crippen molar-refractivity contribution in [1.82, 2.24) is 19.7 Å². The highest BCUT2D eigenvalue weighted by atomic mass is 16.5. The largest absolute Gasteiger partial charge is 0.371 e. The van der Waals surface area contributed by atoms with E-state index in [0.717, 1.165) is 41.6 Å². The van der Waals surface area contributed by atoms with Crippen molar-refractivity contribution in [3.8, 4) is 0 Å². The molecule has 6 nitrogen and oxygen atoms in total. The summed E-state index contributed by atoms with van der Waals surface area (Å²) in [5.74, 6) is 2.47. The standard InChI is InChI=1S/C17H23N5O/c1-10-8-15(21-17(19-10)12-4-5-12)20-14-6-7-23-16(14)13-9-18-22(3)11(13)2/h8-9,12,14,16H,4-7H2,1-3H3,(H,19,20,21)/t14-,16+/m0/s1. The van der Waals surface area contributed by atoms with Crippen LogP contribution in [0.4, 0.5) is 5.82 Å². The van der Waals surface area contributed by atoms with E-state index in [-0.39, 0.29) is 12.1 Å². The van der Waals surface area contributed by atoms with E-state index in [9.17, 15) is 0 Å². The molecule has 0 bridgehead atoms. The maximum absolute atomic E-state index is 5.98. The molecule has 2 atom stereocenters. The Morgan fingerprint density at radius 3 is 2.74 bits per heavy atom. The van der Waals surface area contributed by atoms with Crippen LogP contribution in [0.1, 0.15) is 54.1 Å². The van der Waals surface area contributed by atoms with Crippen LogP contribution in [0, 0.1) is 13.8 Å². The molecule has 1 saturated heterocycles. The van der Waals surface area contributed by atoms with Crippen molar-refractivity contribution in [2.45, 2.75) is 51.2 Å². The van der Waals surface area contributed by atoms with Crippen LogP contribution >= 0.6 is 0 Å². The summed E-state index contributed by atoms with van der Waals surface area (Å²) in [6, 6.07) is 2.25. The topological polar surface area (TPSA) is 64.9 Å². The predicted octanol–water partition coefficient (Wildman–Crippen LogP) is 2.65. The van der Waals surface area contributed by atoms with Crippen LogP contribution in [0.2, 0.25) is 0 Å². The number of nitrogens with zero attached hydrogens (tertiary/aromatic N) is 4. The second kappa shape index (κ2) is 5.60. The molecular weight excluding hydrogens is 290 g/mol. The summed E-state index contributed by atoms with van der Waals surface area (Å²) in [7, 11) is 1.96. The summed E-state index contributed by atoms with van der Waals surface area (Å²) < 4.78 is 7.88. The van der Waals surface area contributed by atoms with Gasteiger partial charge < -0.3 is 10.1 Å². The second-order valence-corrected chi connectivity index (χ2v) is 6.67. The third-order valence-electron chi connectivity index (χ3n) is 4.82. The van der Waals surface area contributed by atoms with E-state index in [0.29, 0.717) is 5.92 Å². The van der Waals surface area contributed by atoms with Crippen molar-refractivity contribution in [2.75, 3.05) is 11.9 Å². The van der Waals surface area contributed by atoms with Crippen LogP contribution in [-0.2, 0) is 11.8 Å². The summed E-state index contributed by atoms with van der Waals surface area (Å²) >= 11 is 0. The predicted molar refractivity (Wildman–Crippen MR) is 87.4 cm³/mol. The molecule has 1 saturated carbocycles. The molecule has 1 aliphatic carbocycles. The lowest BCUT2D eigenvalue weighted by molar-refractivity contribution is 0.107. The van der Waals surface area contributed by atoms with Gasteiger partial charge in [-0.25, -0.2) is 9.97 Å². The lowest BCUT2D eigenvalue weighted by Crippen LogP contribution is -2.24. The molecule has 4 rings (SSSR count). The average Bonchev–Trinajstić information content (AvgIpc) is 3.20. The summed E-state index contributed by atoms with van der Waals surface area (Å²) in [5.41, 5.74) is 3.34. The van der Waals surface area contributed by atoms with Gasteiger partial charge in [0.25, 0.3) is 0 Å². The van der Waals surface area contributed by atoms with Gasteiger partial charge in [0.05, 0.1) is 12.2 Å². The minimum atomic E-state index is 0.0309. The summed E-state index contributed by atoms with van der Waals surface area (Å²) in [6.45, 7) is 4.88. The van der Waals surface area contributed by atoms with Crippen LogP contribution in [0.25, 0.3) is 0 Å². The van der Waals surface area contributed by atoms with Gasteiger partial charge in [-0.05, 0) is 33.1 Å². The summed E-state index contributed by atoms with van der Waals surface area (Å²) in [6.07, 6.45) is 5.35. The quantitative estimate of drug-likeness (QED) is 0.940. The Morgan fingerprint density at radius 1 is 1.22 bits per heavy atom. The number of anilines is 1. The van der Waals surface area contributed by atoms with E-state index in [2.05, 4.69) is 22.3 Å². The fourth-order valence-corrected chi connectivity index (χ4v) is 3.22. The number of hydrogen-bond donors (Lipinski definition) is 1. The molecule has 3 heterocycles. The van der Waals surface area contributed by atoms with E-state index in [1.807, 2.05) is 30.9 Å². The van der Waals surface area contributed by atoms with Gasteiger partial charge in [0.1, 0.15) is 17.7 Å². The number of aromatic nitrogens is 4. The molecule has 2 fully saturated rings.